The summed E-state index contributed by atoms with van der Waals surface area (Å²) in [5.74, 6) is -0.0272. The minimum absolute atomic E-state index is 0.115. The maximum Gasteiger partial charge on any atom is 0.273 e. The molecule has 1 atom stereocenters. The number of phenols is 1. The van der Waals surface area contributed by atoms with Crippen molar-refractivity contribution in [2.75, 3.05) is 20.3 Å². The Bertz CT molecular complexity index is 984. The molecule has 4 rings (SSSR count). The van der Waals surface area contributed by atoms with Gasteiger partial charge in [0, 0.05) is 29.8 Å². The van der Waals surface area contributed by atoms with Gasteiger partial charge in [0.15, 0.2) is 0 Å². The average Bonchev–Trinajstić information content (AvgIpc) is 3.21. The number of aromatic nitrogens is 2. The van der Waals surface area contributed by atoms with Gasteiger partial charge in [0.25, 0.3) is 5.91 Å². The summed E-state index contributed by atoms with van der Waals surface area (Å²) in [7, 11) is 1.60. The van der Waals surface area contributed by atoms with E-state index in [-0.39, 0.29) is 17.7 Å². The van der Waals surface area contributed by atoms with E-state index in [2.05, 4.69) is 10.2 Å². The van der Waals surface area contributed by atoms with Gasteiger partial charge in [-0.2, -0.15) is 5.10 Å². The number of fused-ring (bicyclic) bond motifs is 1. The van der Waals surface area contributed by atoms with E-state index in [1.54, 1.807) is 42.3 Å². The van der Waals surface area contributed by atoms with Crippen LogP contribution in [-0.2, 0) is 4.74 Å². The molecular weight excluding hydrogens is 366 g/mol. The van der Waals surface area contributed by atoms with Gasteiger partial charge in [-0.05, 0) is 29.8 Å². The highest BCUT2D eigenvalue weighted by Crippen LogP contribution is 2.44. The lowest BCUT2D eigenvalue weighted by Gasteiger charge is -2.26. The lowest BCUT2D eigenvalue weighted by atomic mass is 9.96. The van der Waals surface area contributed by atoms with Gasteiger partial charge in [-0.15, -0.1) is 0 Å². The van der Waals surface area contributed by atoms with Crippen LogP contribution in [0.25, 0.3) is 11.3 Å². The first-order valence-electron chi connectivity index (χ1n) is 8.53. The number of hydrogen-bond donors (Lipinski definition) is 2. The fourth-order valence-electron chi connectivity index (χ4n) is 3.49. The number of amides is 1. The quantitative estimate of drug-likeness (QED) is 0.705. The molecule has 2 heterocycles. The molecule has 7 heteroatoms. The van der Waals surface area contributed by atoms with Crippen LogP contribution in [0.3, 0.4) is 0 Å². The summed E-state index contributed by atoms with van der Waals surface area (Å²) in [4.78, 5) is 14.7. The van der Waals surface area contributed by atoms with E-state index < -0.39 is 0 Å². The lowest BCUT2D eigenvalue weighted by Crippen LogP contribution is -2.32. The molecule has 1 unspecified atom stereocenters. The summed E-state index contributed by atoms with van der Waals surface area (Å²) in [5, 5.41) is 18.1. The first-order valence-corrected chi connectivity index (χ1v) is 8.91. The highest BCUT2D eigenvalue weighted by Gasteiger charge is 2.42. The Kier molecular flexibility index (Phi) is 4.59. The van der Waals surface area contributed by atoms with Crippen molar-refractivity contribution in [3.63, 3.8) is 0 Å². The predicted molar refractivity (Wildman–Crippen MR) is 102 cm³/mol. The number of methoxy groups -OCH3 is 1. The van der Waals surface area contributed by atoms with Crippen molar-refractivity contribution in [1.29, 1.82) is 0 Å². The number of phenolic OH excluding ortho intramolecular Hbond substituents is 1. The van der Waals surface area contributed by atoms with E-state index in [1.165, 1.54) is 0 Å². The van der Waals surface area contributed by atoms with Gasteiger partial charge in [-0.25, -0.2) is 0 Å². The maximum absolute atomic E-state index is 13.0. The third kappa shape index (κ3) is 2.97. The van der Waals surface area contributed by atoms with Gasteiger partial charge >= 0.3 is 0 Å². The molecule has 1 aliphatic rings. The standard InChI is InChI=1S/C20H18ClN3O3/c1-27-11-10-24-19(12-6-8-13(21)9-7-12)16-17(22-23-18(16)20(24)26)14-4-2-3-5-15(14)25/h2-9,19,25H,10-11H2,1H3,(H,22,23). The topological polar surface area (TPSA) is 78.5 Å². The Labute approximate surface area is 161 Å². The number of aromatic amines is 1. The van der Waals surface area contributed by atoms with E-state index in [1.807, 2.05) is 18.2 Å². The van der Waals surface area contributed by atoms with Crippen molar-refractivity contribution in [1.82, 2.24) is 15.1 Å². The van der Waals surface area contributed by atoms with Crippen LogP contribution >= 0.6 is 11.6 Å². The van der Waals surface area contributed by atoms with E-state index >= 15 is 0 Å². The summed E-state index contributed by atoms with van der Waals surface area (Å²) >= 11 is 6.04. The third-order valence-electron chi connectivity index (χ3n) is 4.75. The second-order valence-corrected chi connectivity index (χ2v) is 6.76. The molecule has 0 radical (unpaired) electrons. The number of aromatic hydroxyl groups is 1. The van der Waals surface area contributed by atoms with Crippen molar-refractivity contribution in [2.24, 2.45) is 0 Å². The van der Waals surface area contributed by atoms with Crippen LogP contribution in [0.15, 0.2) is 48.5 Å². The molecule has 6 nitrogen and oxygen atoms in total. The van der Waals surface area contributed by atoms with Crippen molar-refractivity contribution < 1.29 is 14.6 Å². The molecular formula is C20H18ClN3O3. The molecule has 1 aromatic heterocycles. The predicted octanol–water partition coefficient (Wildman–Crippen LogP) is 3.63. The summed E-state index contributed by atoms with van der Waals surface area (Å²) < 4.78 is 5.18. The van der Waals surface area contributed by atoms with Crippen molar-refractivity contribution in [3.05, 3.63) is 70.4 Å². The fourth-order valence-corrected chi connectivity index (χ4v) is 3.61. The molecule has 138 valence electrons. The smallest absolute Gasteiger partial charge is 0.273 e. The van der Waals surface area contributed by atoms with Crippen LogP contribution < -0.4 is 0 Å². The normalized spacial score (nSPS) is 16.0. The zero-order valence-electron chi connectivity index (χ0n) is 14.6. The fraction of sp³-hybridized carbons (Fsp3) is 0.200. The Balaban J connectivity index is 1.88. The molecule has 2 aromatic carbocycles. The number of rotatable bonds is 5. The first-order chi connectivity index (χ1) is 13.1. The molecule has 0 saturated carbocycles. The van der Waals surface area contributed by atoms with Crippen molar-refractivity contribution in [3.8, 4) is 17.0 Å². The zero-order valence-corrected chi connectivity index (χ0v) is 15.4. The molecule has 27 heavy (non-hydrogen) atoms. The number of nitrogens with zero attached hydrogens (tertiary/aromatic N) is 2. The van der Waals surface area contributed by atoms with Crippen LogP contribution in [0, 0.1) is 0 Å². The summed E-state index contributed by atoms with van der Waals surface area (Å²) in [6.07, 6.45) is 0. The van der Waals surface area contributed by atoms with Crippen LogP contribution in [0.5, 0.6) is 5.75 Å². The number of hydrogen-bond acceptors (Lipinski definition) is 4. The van der Waals surface area contributed by atoms with Crippen LogP contribution in [-0.4, -0.2) is 46.4 Å². The highest BCUT2D eigenvalue weighted by molar-refractivity contribution is 6.30. The Morgan fingerprint density at radius 1 is 1.22 bits per heavy atom. The SMILES string of the molecule is COCCN1C(=O)c2[nH]nc(-c3ccccc3O)c2C1c1ccc(Cl)cc1. The molecule has 0 bridgehead atoms. The number of carbonyl (C=O) groups excluding carboxylic acids is 1. The molecule has 0 fully saturated rings. The Hall–Kier alpha value is -2.83. The summed E-state index contributed by atoms with van der Waals surface area (Å²) in [6.45, 7) is 0.852. The minimum Gasteiger partial charge on any atom is -0.507 e. The van der Waals surface area contributed by atoms with Gasteiger partial charge in [-0.3, -0.25) is 9.89 Å². The van der Waals surface area contributed by atoms with Crippen LogP contribution in [0.2, 0.25) is 5.02 Å². The first kappa shape index (κ1) is 17.6. The zero-order chi connectivity index (χ0) is 19.0. The second kappa shape index (κ2) is 7.06. The lowest BCUT2D eigenvalue weighted by molar-refractivity contribution is 0.0677. The number of H-pyrrole nitrogens is 1. The van der Waals surface area contributed by atoms with E-state index in [4.69, 9.17) is 16.3 Å². The summed E-state index contributed by atoms with van der Waals surface area (Å²) in [6, 6.07) is 14.0. The van der Waals surface area contributed by atoms with Crippen molar-refractivity contribution in [2.45, 2.75) is 6.04 Å². The largest absolute Gasteiger partial charge is 0.507 e. The molecule has 0 aliphatic carbocycles. The minimum atomic E-state index is -0.340. The molecule has 3 aromatic rings. The Morgan fingerprint density at radius 2 is 1.96 bits per heavy atom. The Morgan fingerprint density at radius 3 is 2.67 bits per heavy atom. The average molecular weight is 384 g/mol. The third-order valence-corrected chi connectivity index (χ3v) is 5.00. The number of para-hydroxylation sites is 1. The highest BCUT2D eigenvalue weighted by atomic mass is 35.5. The number of ether oxygens (including phenoxy) is 1. The van der Waals surface area contributed by atoms with Gasteiger partial charge < -0.3 is 14.7 Å². The number of carbonyl (C=O) groups is 1. The molecule has 1 amide bonds. The monoisotopic (exact) mass is 383 g/mol. The van der Waals surface area contributed by atoms with Gasteiger partial charge in [0.05, 0.1) is 12.6 Å². The van der Waals surface area contributed by atoms with E-state index in [0.29, 0.717) is 35.1 Å². The molecule has 0 spiro atoms. The molecule has 1 aliphatic heterocycles. The van der Waals surface area contributed by atoms with Gasteiger partial charge in [0.2, 0.25) is 0 Å². The summed E-state index contributed by atoms with van der Waals surface area (Å²) in [5.41, 5.74) is 3.25. The number of benzene rings is 2. The van der Waals surface area contributed by atoms with Crippen molar-refractivity contribution >= 4 is 17.5 Å². The van der Waals surface area contributed by atoms with Crippen LogP contribution in [0.1, 0.15) is 27.7 Å². The second-order valence-electron chi connectivity index (χ2n) is 6.32. The van der Waals surface area contributed by atoms with Crippen LogP contribution in [0.4, 0.5) is 0 Å². The number of nitrogens with one attached hydrogen (secondary N) is 1. The molecule has 0 saturated heterocycles. The maximum atomic E-state index is 13.0. The van der Waals surface area contributed by atoms with E-state index in [0.717, 1.165) is 11.1 Å². The molecule has 2 N–H and O–H groups in total. The van der Waals surface area contributed by atoms with E-state index in [9.17, 15) is 9.90 Å². The number of halogens is 1. The van der Waals surface area contributed by atoms with Gasteiger partial charge in [0.1, 0.15) is 17.1 Å². The van der Waals surface area contributed by atoms with Gasteiger partial charge in [-0.1, -0.05) is 35.9 Å².